The van der Waals surface area contributed by atoms with Gasteiger partial charge in [-0.05, 0) is 95.7 Å². The molecule has 0 atom stereocenters. The van der Waals surface area contributed by atoms with Gasteiger partial charge in [0, 0.05) is 20.4 Å². The quantitative estimate of drug-likeness (QED) is 0.373. The van der Waals surface area contributed by atoms with Gasteiger partial charge in [0.25, 0.3) is 0 Å². The zero-order valence-electron chi connectivity index (χ0n) is 13.2. The van der Waals surface area contributed by atoms with Crippen LogP contribution in [0.25, 0.3) is 6.08 Å². The van der Waals surface area contributed by atoms with Crippen LogP contribution in [0.1, 0.15) is 16.7 Å². The number of nitrogens with one attached hydrogen (secondary N) is 2. The smallest absolute Gasteiger partial charge is 0.250 e. The van der Waals surface area contributed by atoms with E-state index in [0.29, 0.717) is 5.02 Å². The van der Waals surface area contributed by atoms with E-state index in [0.717, 1.165) is 22.4 Å². The van der Waals surface area contributed by atoms with Crippen LogP contribution in [0.2, 0.25) is 5.02 Å². The molecule has 2 rings (SSSR count). The zero-order chi connectivity index (χ0) is 17.7. The lowest BCUT2D eigenvalue weighted by molar-refractivity contribution is -0.115. The Morgan fingerprint density at radius 2 is 1.83 bits per heavy atom. The van der Waals surface area contributed by atoms with Crippen LogP contribution in [-0.2, 0) is 4.79 Å². The van der Waals surface area contributed by atoms with E-state index in [9.17, 15) is 4.79 Å². The molecule has 0 spiro atoms. The Hall–Kier alpha value is -1.44. The fourth-order valence-corrected chi connectivity index (χ4v) is 2.93. The molecule has 0 saturated carbocycles. The zero-order valence-corrected chi connectivity index (χ0v) is 16.9. The van der Waals surface area contributed by atoms with Crippen LogP contribution >= 0.6 is 46.4 Å². The molecule has 24 heavy (non-hydrogen) atoms. The molecule has 0 unspecified atom stereocenters. The molecule has 0 aromatic heterocycles. The van der Waals surface area contributed by atoms with Crippen molar-refractivity contribution in [1.82, 2.24) is 5.32 Å². The monoisotopic (exact) mass is 470 g/mol. The predicted molar refractivity (Wildman–Crippen MR) is 113 cm³/mol. The van der Waals surface area contributed by atoms with Crippen LogP contribution in [0, 0.1) is 17.4 Å². The number of amides is 1. The molecular formula is C18H16ClIN2OS. The minimum absolute atomic E-state index is 0.268. The van der Waals surface area contributed by atoms with Gasteiger partial charge in [-0.15, -0.1) is 0 Å². The van der Waals surface area contributed by atoms with E-state index >= 15 is 0 Å². The molecule has 0 aliphatic rings. The van der Waals surface area contributed by atoms with E-state index in [4.69, 9.17) is 23.8 Å². The summed E-state index contributed by atoms with van der Waals surface area (Å²) in [5.74, 6) is -0.290. The summed E-state index contributed by atoms with van der Waals surface area (Å²) in [7, 11) is 0. The number of thiocarbonyl (C=S) groups is 1. The third-order valence-electron chi connectivity index (χ3n) is 3.29. The highest BCUT2D eigenvalue weighted by atomic mass is 127. The van der Waals surface area contributed by atoms with Gasteiger partial charge in [-0.2, -0.15) is 0 Å². The second-order valence-electron chi connectivity index (χ2n) is 5.24. The maximum absolute atomic E-state index is 11.9. The average Bonchev–Trinajstić information content (AvgIpc) is 2.52. The minimum Gasteiger partial charge on any atom is -0.332 e. The first-order chi connectivity index (χ1) is 11.3. The van der Waals surface area contributed by atoms with E-state index in [2.05, 4.69) is 39.3 Å². The summed E-state index contributed by atoms with van der Waals surface area (Å²) < 4.78 is 1.19. The van der Waals surface area contributed by atoms with Crippen molar-refractivity contribution >= 4 is 69.2 Å². The van der Waals surface area contributed by atoms with Gasteiger partial charge in [0.2, 0.25) is 5.91 Å². The number of carbonyl (C=O) groups is 1. The Morgan fingerprint density at radius 1 is 1.17 bits per heavy atom. The molecule has 0 fully saturated rings. The number of benzene rings is 2. The molecular weight excluding hydrogens is 455 g/mol. The maximum Gasteiger partial charge on any atom is 0.250 e. The number of carbonyl (C=O) groups excluding carboxylic acids is 1. The lowest BCUT2D eigenvalue weighted by Crippen LogP contribution is -2.33. The molecule has 1 amide bonds. The first-order valence-electron chi connectivity index (χ1n) is 7.17. The number of halogens is 2. The Labute approximate surface area is 165 Å². The summed E-state index contributed by atoms with van der Waals surface area (Å²) in [5, 5.41) is 6.62. The summed E-state index contributed by atoms with van der Waals surface area (Å²) >= 11 is 13.3. The van der Waals surface area contributed by atoms with Gasteiger partial charge >= 0.3 is 0 Å². The summed E-state index contributed by atoms with van der Waals surface area (Å²) in [6, 6.07) is 11.3. The van der Waals surface area contributed by atoms with E-state index in [1.807, 2.05) is 32.0 Å². The largest absolute Gasteiger partial charge is 0.332 e. The molecule has 0 bridgehead atoms. The third kappa shape index (κ3) is 5.58. The standard InChI is InChI=1S/C18H16ClIN2OS/c1-11-10-16(12(2)9-15(11)20)21-18(24)22-17(23)8-5-13-3-6-14(19)7-4-13/h3-10H,1-2H3,(H2,21,22,23,24)/b8-5+. The molecule has 6 heteroatoms. The lowest BCUT2D eigenvalue weighted by atomic mass is 10.1. The molecule has 2 aromatic carbocycles. The van der Waals surface area contributed by atoms with Crippen LogP contribution in [0.3, 0.4) is 0 Å². The van der Waals surface area contributed by atoms with E-state index < -0.39 is 0 Å². The highest BCUT2D eigenvalue weighted by Crippen LogP contribution is 2.21. The molecule has 0 aliphatic heterocycles. The Bertz CT molecular complexity index is 803. The lowest BCUT2D eigenvalue weighted by Gasteiger charge is -2.12. The van der Waals surface area contributed by atoms with Crippen LogP contribution in [0.4, 0.5) is 5.69 Å². The Balaban J connectivity index is 1.95. The second kappa shape index (κ2) is 8.60. The van der Waals surface area contributed by atoms with Crippen molar-refractivity contribution in [3.05, 3.63) is 67.8 Å². The number of rotatable bonds is 3. The highest BCUT2D eigenvalue weighted by molar-refractivity contribution is 14.1. The molecule has 0 heterocycles. The van der Waals surface area contributed by atoms with Crippen molar-refractivity contribution in [3.63, 3.8) is 0 Å². The molecule has 0 radical (unpaired) electrons. The molecule has 0 saturated heterocycles. The number of hydrogen-bond acceptors (Lipinski definition) is 2. The first kappa shape index (κ1) is 18.9. The fraction of sp³-hybridized carbons (Fsp3) is 0.111. The topological polar surface area (TPSA) is 41.1 Å². The number of hydrogen-bond donors (Lipinski definition) is 2. The van der Waals surface area contributed by atoms with Crippen molar-refractivity contribution in [2.75, 3.05) is 5.32 Å². The van der Waals surface area contributed by atoms with Gasteiger partial charge in [-0.1, -0.05) is 23.7 Å². The van der Waals surface area contributed by atoms with Gasteiger partial charge in [0.1, 0.15) is 0 Å². The fourth-order valence-electron chi connectivity index (χ4n) is 1.97. The highest BCUT2D eigenvalue weighted by Gasteiger charge is 2.06. The van der Waals surface area contributed by atoms with Gasteiger partial charge < -0.3 is 5.32 Å². The van der Waals surface area contributed by atoms with E-state index in [1.165, 1.54) is 9.65 Å². The Kier molecular flexibility index (Phi) is 6.77. The van der Waals surface area contributed by atoms with Gasteiger partial charge in [-0.25, -0.2) is 0 Å². The molecule has 3 nitrogen and oxygen atoms in total. The SMILES string of the molecule is Cc1cc(NC(=S)NC(=O)/C=C/c2ccc(Cl)cc2)c(C)cc1I. The van der Waals surface area contributed by atoms with Crippen LogP contribution in [-0.4, -0.2) is 11.0 Å². The van der Waals surface area contributed by atoms with Gasteiger partial charge in [0.15, 0.2) is 5.11 Å². The average molecular weight is 471 g/mol. The van der Waals surface area contributed by atoms with Crippen molar-refractivity contribution < 1.29 is 4.79 Å². The summed E-state index contributed by atoms with van der Waals surface area (Å²) in [6.07, 6.45) is 3.14. The van der Waals surface area contributed by atoms with Gasteiger partial charge in [0.05, 0.1) is 0 Å². The molecule has 2 aromatic rings. The molecule has 124 valence electrons. The van der Waals surface area contributed by atoms with E-state index in [-0.39, 0.29) is 11.0 Å². The van der Waals surface area contributed by atoms with Crippen LogP contribution in [0.15, 0.2) is 42.5 Å². The first-order valence-corrected chi connectivity index (χ1v) is 9.04. The van der Waals surface area contributed by atoms with Crippen molar-refractivity contribution in [1.29, 1.82) is 0 Å². The van der Waals surface area contributed by atoms with Crippen molar-refractivity contribution in [2.24, 2.45) is 0 Å². The molecule has 0 aliphatic carbocycles. The minimum atomic E-state index is -0.290. The summed E-state index contributed by atoms with van der Waals surface area (Å²) in [6.45, 7) is 4.03. The third-order valence-corrected chi connectivity index (χ3v) is 4.91. The normalized spacial score (nSPS) is 10.7. The van der Waals surface area contributed by atoms with Crippen molar-refractivity contribution in [2.45, 2.75) is 13.8 Å². The Morgan fingerprint density at radius 3 is 2.50 bits per heavy atom. The summed E-state index contributed by atoms with van der Waals surface area (Å²) in [4.78, 5) is 11.9. The van der Waals surface area contributed by atoms with Crippen molar-refractivity contribution in [3.8, 4) is 0 Å². The number of anilines is 1. The number of aryl methyl sites for hydroxylation is 2. The predicted octanol–water partition coefficient (Wildman–Crippen LogP) is 5.09. The summed E-state index contributed by atoms with van der Waals surface area (Å²) in [5.41, 5.74) is 4.00. The van der Waals surface area contributed by atoms with E-state index in [1.54, 1.807) is 18.2 Å². The van der Waals surface area contributed by atoms with Crippen LogP contribution in [0.5, 0.6) is 0 Å². The van der Waals surface area contributed by atoms with Crippen LogP contribution < -0.4 is 10.6 Å². The maximum atomic E-state index is 11.9. The second-order valence-corrected chi connectivity index (χ2v) is 7.25. The molecule has 2 N–H and O–H groups in total. The van der Waals surface area contributed by atoms with Gasteiger partial charge in [-0.3, -0.25) is 10.1 Å².